The Labute approximate surface area is 394 Å². The van der Waals surface area contributed by atoms with Crippen molar-refractivity contribution in [1.82, 2.24) is 0 Å². The van der Waals surface area contributed by atoms with E-state index in [0.717, 1.165) is 33.4 Å². The zero-order valence-electron chi connectivity index (χ0n) is 38.0. The number of benzene rings is 6. The lowest BCUT2D eigenvalue weighted by molar-refractivity contribution is -0.371. The number of aliphatic hydroxyl groups excluding tert-OH is 1. The van der Waals surface area contributed by atoms with Gasteiger partial charge in [-0.2, -0.15) is 0 Å². The summed E-state index contributed by atoms with van der Waals surface area (Å²) in [6.45, 7) is 1.68. The maximum Gasteiger partial charge on any atom is 0.187 e. The molecule has 11 heteroatoms. The van der Waals surface area contributed by atoms with Crippen molar-refractivity contribution >= 4 is 0 Å². The molecule has 2 aliphatic heterocycles. The molecule has 2 aliphatic rings. The second-order valence-corrected chi connectivity index (χ2v) is 16.8. The Morgan fingerprint density at radius 1 is 0.373 bits per heavy atom. The van der Waals surface area contributed by atoms with Crippen molar-refractivity contribution < 1.29 is 52.5 Å². The third-order valence-corrected chi connectivity index (χ3v) is 12.1. The fraction of sp³-hybridized carbons (Fsp3) is 0.357. The van der Waals surface area contributed by atoms with Crippen LogP contribution in [0.1, 0.15) is 33.4 Å². The Morgan fingerprint density at radius 3 is 1.09 bits per heavy atom. The minimum atomic E-state index is -1.08. The summed E-state index contributed by atoms with van der Waals surface area (Å²) in [7, 11) is 1.60. The summed E-state index contributed by atoms with van der Waals surface area (Å²) < 4.78 is 67.6. The zero-order chi connectivity index (χ0) is 45.9. The van der Waals surface area contributed by atoms with E-state index in [-0.39, 0.29) is 46.2 Å². The molecule has 8 rings (SSSR count). The van der Waals surface area contributed by atoms with Crippen molar-refractivity contribution in [3.8, 4) is 0 Å². The highest BCUT2D eigenvalue weighted by Crippen LogP contribution is 2.37. The minimum Gasteiger partial charge on any atom is -0.396 e. The maximum atomic E-state index is 11.3. The molecular weight excluding hydrogens is 849 g/mol. The second-order valence-electron chi connectivity index (χ2n) is 16.8. The third-order valence-electron chi connectivity index (χ3n) is 12.1. The van der Waals surface area contributed by atoms with Gasteiger partial charge in [0, 0.05) is 13.0 Å². The summed E-state index contributed by atoms with van der Waals surface area (Å²) in [6, 6.07) is 59.7. The first-order valence-corrected chi connectivity index (χ1v) is 23.1. The summed E-state index contributed by atoms with van der Waals surface area (Å²) in [4.78, 5) is 0. The molecule has 6 aromatic carbocycles. The first-order chi connectivity index (χ1) is 33.1. The zero-order valence-corrected chi connectivity index (χ0v) is 38.0. The van der Waals surface area contributed by atoms with Crippen molar-refractivity contribution in [3.05, 3.63) is 215 Å². The van der Waals surface area contributed by atoms with Crippen LogP contribution in [0.3, 0.4) is 0 Å². The van der Waals surface area contributed by atoms with E-state index in [1.807, 2.05) is 182 Å². The Hall–Kier alpha value is -5.12. The van der Waals surface area contributed by atoms with Crippen molar-refractivity contribution in [2.24, 2.45) is 5.92 Å². The molecule has 0 radical (unpaired) electrons. The van der Waals surface area contributed by atoms with Gasteiger partial charge in [-0.3, -0.25) is 0 Å². The number of methoxy groups -OCH3 is 1. The van der Waals surface area contributed by atoms with E-state index < -0.39 is 61.2 Å². The van der Waals surface area contributed by atoms with Gasteiger partial charge in [0.2, 0.25) is 0 Å². The smallest absolute Gasteiger partial charge is 0.187 e. The van der Waals surface area contributed by atoms with Gasteiger partial charge in [0.15, 0.2) is 12.6 Å². The minimum absolute atomic E-state index is 0.120. The first kappa shape index (κ1) is 48.3. The molecule has 11 nitrogen and oxygen atoms in total. The van der Waals surface area contributed by atoms with Crippen molar-refractivity contribution in [2.75, 3.05) is 26.9 Å². The van der Waals surface area contributed by atoms with Gasteiger partial charge >= 0.3 is 0 Å². The number of hydrogen-bond donors (Lipinski definition) is 1. The molecule has 0 saturated carbocycles. The normalized spacial score (nSPS) is 25.2. The SMILES string of the molecule is CO[C@H]1O[C@H](COCc2ccccc2)[C@@H](O[C@H]2O[C@H](COCc3ccccc3)[C@@H](CO)[C@H](OCc3ccccc3)[C@H]2OCc2ccccc2)[C@H](OCc2ccccc2)[C@H]1OCc1ccccc1. The van der Waals surface area contributed by atoms with E-state index in [0.29, 0.717) is 13.2 Å². The molecule has 2 fully saturated rings. The van der Waals surface area contributed by atoms with Gasteiger partial charge in [0.25, 0.3) is 0 Å². The van der Waals surface area contributed by atoms with Gasteiger partial charge in [-0.1, -0.05) is 182 Å². The predicted molar refractivity (Wildman–Crippen MR) is 252 cm³/mol. The molecule has 67 heavy (non-hydrogen) atoms. The maximum absolute atomic E-state index is 11.3. The molecular formula is C56H62O11. The van der Waals surface area contributed by atoms with E-state index in [9.17, 15) is 5.11 Å². The van der Waals surface area contributed by atoms with Crippen molar-refractivity contribution in [2.45, 2.75) is 94.9 Å². The second kappa shape index (κ2) is 25.9. The number of rotatable bonds is 24. The van der Waals surface area contributed by atoms with Crippen molar-refractivity contribution in [1.29, 1.82) is 0 Å². The lowest BCUT2D eigenvalue weighted by Crippen LogP contribution is -2.65. The quantitative estimate of drug-likeness (QED) is 0.0629. The molecule has 0 unspecified atom stereocenters. The van der Waals surface area contributed by atoms with Gasteiger partial charge in [-0.25, -0.2) is 0 Å². The molecule has 352 valence electrons. The number of ether oxygens (including phenoxy) is 10. The van der Waals surface area contributed by atoms with Gasteiger partial charge in [0.1, 0.15) is 30.5 Å². The van der Waals surface area contributed by atoms with Crippen LogP contribution >= 0.6 is 0 Å². The third kappa shape index (κ3) is 14.0. The highest BCUT2D eigenvalue weighted by Gasteiger charge is 2.54. The number of hydrogen-bond acceptors (Lipinski definition) is 11. The number of aliphatic hydroxyl groups is 1. The van der Waals surface area contributed by atoms with Crippen LogP contribution < -0.4 is 0 Å². The molecule has 0 aliphatic carbocycles. The summed E-state index contributed by atoms with van der Waals surface area (Å²) in [5.74, 6) is -0.558. The highest BCUT2D eigenvalue weighted by molar-refractivity contribution is 5.18. The Balaban J connectivity index is 1.16. The van der Waals surface area contributed by atoms with Crippen LogP contribution in [0.4, 0.5) is 0 Å². The standard InChI is InChI=1S/C56H62O11/c1-58-55-54(64-38-46-30-18-7-19-31-46)52(62-36-44-26-14-5-15-27-44)51(49(66-55)40-60-34-42-22-10-3-11-23-42)67-56-53(63-37-45-28-16-6-17-29-45)50(61-35-43-24-12-4-13-25-43)47(32-57)48(65-56)39-59-33-41-20-8-2-9-21-41/h2-31,47-57H,32-40H2,1H3/t47-,48-,49-,50+,51-,52+,53-,54-,55+,56-/m1/s1. The van der Waals surface area contributed by atoms with Gasteiger partial charge < -0.3 is 52.5 Å². The predicted octanol–water partition coefficient (Wildman–Crippen LogP) is 8.85. The first-order valence-electron chi connectivity index (χ1n) is 23.1. The summed E-state index contributed by atoms with van der Waals surface area (Å²) in [5.41, 5.74) is 5.88. The fourth-order valence-corrected chi connectivity index (χ4v) is 8.53. The van der Waals surface area contributed by atoms with Crippen LogP contribution in [0, 0.1) is 5.92 Å². The van der Waals surface area contributed by atoms with E-state index in [1.54, 1.807) is 7.11 Å². The Bertz CT molecular complexity index is 2240. The lowest BCUT2D eigenvalue weighted by atomic mass is 9.89. The van der Waals surface area contributed by atoms with Gasteiger partial charge in [-0.05, 0) is 33.4 Å². The molecule has 0 spiro atoms. The van der Waals surface area contributed by atoms with E-state index in [2.05, 4.69) is 0 Å². The summed E-state index contributed by atoms with van der Waals surface area (Å²) >= 11 is 0. The van der Waals surface area contributed by atoms with Gasteiger partial charge in [0.05, 0.1) is 71.7 Å². The molecule has 2 heterocycles. The topological polar surface area (TPSA) is 113 Å². The van der Waals surface area contributed by atoms with Crippen LogP contribution in [-0.2, 0) is 87.0 Å². The molecule has 1 N–H and O–H groups in total. The highest BCUT2D eigenvalue weighted by atomic mass is 16.8. The molecule has 0 bridgehead atoms. The van der Waals surface area contributed by atoms with Crippen LogP contribution in [0.2, 0.25) is 0 Å². The molecule has 2 saturated heterocycles. The lowest BCUT2D eigenvalue weighted by Gasteiger charge is -2.50. The monoisotopic (exact) mass is 910 g/mol. The Morgan fingerprint density at radius 2 is 0.701 bits per heavy atom. The largest absolute Gasteiger partial charge is 0.396 e. The molecule has 0 amide bonds. The van der Waals surface area contributed by atoms with Crippen LogP contribution in [0.5, 0.6) is 0 Å². The summed E-state index contributed by atoms with van der Waals surface area (Å²) in [6.07, 6.45) is -7.33. The van der Waals surface area contributed by atoms with Crippen LogP contribution in [-0.4, -0.2) is 87.3 Å². The van der Waals surface area contributed by atoms with Crippen molar-refractivity contribution in [3.63, 3.8) is 0 Å². The average Bonchev–Trinajstić information content (AvgIpc) is 3.38. The van der Waals surface area contributed by atoms with E-state index in [1.165, 1.54) is 0 Å². The van der Waals surface area contributed by atoms with Crippen LogP contribution in [0.25, 0.3) is 0 Å². The molecule has 10 atom stereocenters. The molecule has 6 aromatic rings. The fourth-order valence-electron chi connectivity index (χ4n) is 8.53. The van der Waals surface area contributed by atoms with Gasteiger partial charge in [-0.15, -0.1) is 0 Å². The van der Waals surface area contributed by atoms with E-state index in [4.69, 9.17) is 47.4 Å². The Kier molecular flexibility index (Phi) is 18.7. The molecule has 0 aromatic heterocycles. The average molecular weight is 911 g/mol. The van der Waals surface area contributed by atoms with E-state index >= 15 is 0 Å². The summed E-state index contributed by atoms with van der Waals surface area (Å²) in [5, 5.41) is 11.3. The van der Waals surface area contributed by atoms with Crippen LogP contribution in [0.15, 0.2) is 182 Å².